The van der Waals surface area contributed by atoms with Crippen molar-refractivity contribution in [2.45, 2.75) is 25.6 Å². The first-order valence-corrected chi connectivity index (χ1v) is 8.77. The molecule has 148 valence electrons. The molecule has 0 atom stereocenters. The first-order chi connectivity index (χ1) is 13.3. The number of hydrogen-bond donors (Lipinski definition) is 1. The predicted octanol–water partition coefficient (Wildman–Crippen LogP) is 4.14. The second kappa shape index (κ2) is 8.43. The van der Waals surface area contributed by atoms with Crippen LogP contribution in [0.25, 0.3) is 0 Å². The van der Waals surface area contributed by atoms with Crippen molar-refractivity contribution in [1.82, 2.24) is 0 Å². The molecule has 0 unspecified atom stereocenters. The van der Waals surface area contributed by atoms with E-state index in [4.69, 9.17) is 0 Å². The molecule has 0 aromatic heterocycles. The van der Waals surface area contributed by atoms with Crippen LogP contribution in [0.15, 0.2) is 48.5 Å². The third-order valence-corrected chi connectivity index (χ3v) is 4.26. The molecule has 2 amide bonds. The molecule has 2 aromatic rings. The topological polar surface area (TPSA) is 58.6 Å². The Morgan fingerprint density at radius 2 is 1.75 bits per heavy atom. The number of carbonyl (C=O) groups is 2. The van der Waals surface area contributed by atoms with E-state index in [1.807, 2.05) is 0 Å². The van der Waals surface area contributed by atoms with Crippen LogP contribution in [0.2, 0.25) is 0 Å². The lowest BCUT2D eigenvalue weighted by molar-refractivity contribution is -0.176. The number of anilines is 2. The van der Waals surface area contributed by atoms with Crippen LogP contribution in [-0.2, 0) is 16.1 Å². The van der Waals surface area contributed by atoms with E-state index in [0.717, 1.165) is 12.1 Å². The van der Waals surface area contributed by atoms with E-state index in [9.17, 15) is 22.8 Å². The summed E-state index contributed by atoms with van der Waals surface area (Å²) in [4.78, 5) is 25.8. The van der Waals surface area contributed by atoms with Gasteiger partial charge in [-0.25, -0.2) is 0 Å². The molecular formula is C20H19F3N2O3. The van der Waals surface area contributed by atoms with Crippen LogP contribution < -0.4 is 10.2 Å². The van der Waals surface area contributed by atoms with Crippen molar-refractivity contribution in [2.75, 3.05) is 23.4 Å². The number of ether oxygens (including phenoxy) is 1. The summed E-state index contributed by atoms with van der Waals surface area (Å²) in [6.07, 6.45) is -2.97. The lowest BCUT2D eigenvalue weighted by Gasteiger charge is -2.16. The van der Waals surface area contributed by atoms with Gasteiger partial charge in [-0.3, -0.25) is 9.59 Å². The molecule has 0 saturated carbocycles. The predicted molar refractivity (Wildman–Crippen MR) is 98.1 cm³/mol. The molecule has 8 heteroatoms. The SMILES string of the molecule is O=C(Nc1ccc(N2CCCC2=O)cc1)c1ccc(COCC(F)(F)F)cc1. The Kier molecular flexibility index (Phi) is 5.99. The van der Waals surface area contributed by atoms with E-state index in [2.05, 4.69) is 10.1 Å². The third-order valence-electron chi connectivity index (χ3n) is 4.26. The average Bonchev–Trinajstić information content (AvgIpc) is 3.08. The van der Waals surface area contributed by atoms with Gasteiger partial charge < -0.3 is 15.0 Å². The third kappa shape index (κ3) is 5.32. The first-order valence-electron chi connectivity index (χ1n) is 8.77. The fourth-order valence-corrected chi connectivity index (χ4v) is 2.89. The summed E-state index contributed by atoms with van der Waals surface area (Å²) in [6, 6.07) is 13.1. The zero-order chi connectivity index (χ0) is 20.1. The molecule has 1 heterocycles. The second-order valence-corrected chi connectivity index (χ2v) is 6.45. The van der Waals surface area contributed by atoms with Gasteiger partial charge in [-0.1, -0.05) is 12.1 Å². The molecule has 0 radical (unpaired) electrons. The van der Waals surface area contributed by atoms with Crippen LogP contribution >= 0.6 is 0 Å². The lowest BCUT2D eigenvalue weighted by Crippen LogP contribution is -2.23. The van der Waals surface area contributed by atoms with Crippen molar-refractivity contribution in [1.29, 1.82) is 0 Å². The van der Waals surface area contributed by atoms with Crippen LogP contribution in [0.3, 0.4) is 0 Å². The lowest BCUT2D eigenvalue weighted by atomic mass is 10.1. The Balaban J connectivity index is 1.55. The van der Waals surface area contributed by atoms with Crippen LogP contribution in [0.1, 0.15) is 28.8 Å². The van der Waals surface area contributed by atoms with E-state index in [0.29, 0.717) is 29.8 Å². The standard InChI is InChI=1S/C20H19F3N2O3/c21-20(22,23)13-28-12-14-3-5-15(6-4-14)19(27)24-16-7-9-17(10-8-16)25-11-1-2-18(25)26/h3-10H,1-2,11-13H2,(H,24,27). The van der Waals surface area contributed by atoms with Crippen molar-refractivity contribution in [3.8, 4) is 0 Å². The summed E-state index contributed by atoms with van der Waals surface area (Å²) in [6.45, 7) is -0.796. The Bertz CT molecular complexity index is 833. The van der Waals surface area contributed by atoms with Crippen molar-refractivity contribution < 1.29 is 27.5 Å². The number of hydrogen-bond acceptors (Lipinski definition) is 3. The highest BCUT2D eigenvalue weighted by atomic mass is 19.4. The number of nitrogens with one attached hydrogen (secondary N) is 1. The monoisotopic (exact) mass is 392 g/mol. The van der Waals surface area contributed by atoms with E-state index in [1.165, 1.54) is 12.1 Å². The zero-order valence-electron chi connectivity index (χ0n) is 15.0. The Labute approximate surface area is 160 Å². The zero-order valence-corrected chi connectivity index (χ0v) is 15.0. The number of halogens is 3. The minimum atomic E-state index is -4.36. The molecule has 3 rings (SSSR count). The molecular weight excluding hydrogens is 373 g/mol. The van der Waals surface area contributed by atoms with Crippen molar-refractivity contribution in [3.05, 3.63) is 59.7 Å². The van der Waals surface area contributed by atoms with Crippen LogP contribution in [0, 0.1) is 0 Å². The quantitative estimate of drug-likeness (QED) is 0.804. The molecule has 0 bridgehead atoms. The van der Waals surface area contributed by atoms with Crippen molar-refractivity contribution >= 4 is 23.2 Å². The maximum Gasteiger partial charge on any atom is 0.411 e. The summed E-state index contributed by atoms with van der Waals surface area (Å²) >= 11 is 0. The number of rotatable bonds is 6. The number of benzene rings is 2. The van der Waals surface area contributed by atoms with E-state index in [-0.39, 0.29) is 18.4 Å². The van der Waals surface area contributed by atoms with Crippen molar-refractivity contribution in [3.63, 3.8) is 0 Å². The molecule has 2 aromatic carbocycles. The number of alkyl halides is 3. The first kappa shape index (κ1) is 19.9. The minimum Gasteiger partial charge on any atom is -0.367 e. The molecule has 1 aliphatic rings. The number of nitrogens with zero attached hydrogens (tertiary/aromatic N) is 1. The van der Waals surface area contributed by atoms with E-state index >= 15 is 0 Å². The van der Waals surface area contributed by atoms with Gasteiger partial charge in [0.25, 0.3) is 5.91 Å². The fraction of sp³-hybridized carbons (Fsp3) is 0.300. The molecule has 1 saturated heterocycles. The maximum absolute atomic E-state index is 12.3. The van der Waals surface area contributed by atoms with E-state index < -0.39 is 12.8 Å². The smallest absolute Gasteiger partial charge is 0.367 e. The van der Waals surface area contributed by atoms with Gasteiger partial charge in [0.05, 0.1) is 6.61 Å². The normalized spacial score (nSPS) is 14.4. The van der Waals surface area contributed by atoms with Crippen LogP contribution in [0.4, 0.5) is 24.5 Å². The highest BCUT2D eigenvalue weighted by molar-refractivity contribution is 6.04. The highest BCUT2D eigenvalue weighted by Gasteiger charge is 2.27. The van der Waals surface area contributed by atoms with Gasteiger partial charge in [-0.2, -0.15) is 13.2 Å². The second-order valence-electron chi connectivity index (χ2n) is 6.45. The summed E-state index contributed by atoms with van der Waals surface area (Å²) in [5, 5.41) is 2.75. The largest absolute Gasteiger partial charge is 0.411 e. The molecule has 28 heavy (non-hydrogen) atoms. The highest BCUT2D eigenvalue weighted by Crippen LogP contribution is 2.23. The van der Waals surface area contributed by atoms with Gasteiger partial charge in [0, 0.05) is 29.9 Å². The molecule has 1 aliphatic heterocycles. The van der Waals surface area contributed by atoms with Gasteiger partial charge >= 0.3 is 6.18 Å². The molecule has 1 fully saturated rings. The van der Waals surface area contributed by atoms with Gasteiger partial charge in [0.15, 0.2) is 0 Å². The van der Waals surface area contributed by atoms with E-state index in [1.54, 1.807) is 41.3 Å². The van der Waals surface area contributed by atoms with Crippen LogP contribution in [0.5, 0.6) is 0 Å². The van der Waals surface area contributed by atoms with Crippen LogP contribution in [-0.4, -0.2) is 31.1 Å². The van der Waals surface area contributed by atoms with Gasteiger partial charge in [-0.15, -0.1) is 0 Å². The van der Waals surface area contributed by atoms with Gasteiger partial charge in [0.1, 0.15) is 6.61 Å². The maximum atomic E-state index is 12.3. The Hall–Kier alpha value is -2.87. The number of amides is 2. The molecule has 5 nitrogen and oxygen atoms in total. The molecule has 1 N–H and O–H groups in total. The van der Waals surface area contributed by atoms with Gasteiger partial charge in [-0.05, 0) is 48.4 Å². The van der Waals surface area contributed by atoms with Gasteiger partial charge in [0.2, 0.25) is 5.91 Å². The number of carbonyl (C=O) groups excluding carboxylic acids is 2. The summed E-state index contributed by atoms with van der Waals surface area (Å²) in [5.41, 5.74) is 2.29. The Morgan fingerprint density at radius 1 is 1.07 bits per heavy atom. The minimum absolute atomic E-state index is 0.0936. The summed E-state index contributed by atoms with van der Waals surface area (Å²) in [5.74, 6) is -0.246. The summed E-state index contributed by atoms with van der Waals surface area (Å²) < 4.78 is 40.8. The van der Waals surface area contributed by atoms with Crippen molar-refractivity contribution in [2.24, 2.45) is 0 Å². The molecule has 0 spiro atoms. The molecule has 0 aliphatic carbocycles. The average molecular weight is 392 g/mol. The Morgan fingerprint density at radius 3 is 2.32 bits per heavy atom. The summed E-state index contributed by atoms with van der Waals surface area (Å²) in [7, 11) is 0. The fourth-order valence-electron chi connectivity index (χ4n) is 2.89.